The third-order valence-corrected chi connectivity index (χ3v) is 2.61. The molecule has 1 heterocycles. The van der Waals surface area contributed by atoms with Crippen molar-refractivity contribution in [1.29, 1.82) is 5.41 Å². The van der Waals surface area contributed by atoms with E-state index in [1.54, 1.807) is 48.8 Å². The summed E-state index contributed by atoms with van der Waals surface area (Å²) in [7, 11) is 0. The minimum atomic E-state index is -0.622. The molecule has 1 aromatic heterocycles. The van der Waals surface area contributed by atoms with E-state index in [2.05, 4.69) is 0 Å². The molecular formula is C14H17N3O2. The normalized spacial score (nSPS) is 12.1. The van der Waals surface area contributed by atoms with Gasteiger partial charge in [0.15, 0.2) is 0 Å². The molecule has 4 N–H and O–H groups in total. The highest BCUT2D eigenvalue weighted by Gasteiger charge is 2.05. The van der Waals surface area contributed by atoms with Gasteiger partial charge in [0.05, 0.1) is 11.9 Å². The van der Waals surface area contributed by atoms with Crippen molar-refractivity contribution in [2.75, 3.05) is 12.3 Å². The van der Waals surface area contributed by atoms with Crippen LogP contribution in [0.2, 0.25) is 0 Å². The second kappa shape index (κ2) is 6.06. The first-order valence-corrected chi connectivity index (χ1v) is 6.00. The number of aromatic nitrogens is 1. The van der Waals surface area contributed by atoms with Crippen molar-refractivity contribution in [1.82, 2.24) is 4.57 Å². The number of anilines is 1. The highest BCUT2D eigenvalue weighted by Crippen LogP contribution is 2.14. The van der Waals surface area contributed by atoms with Gasteiger partial charge in [0.25, 0.3) is 0 Å². The van der Waals surface area contributed by atoms with E-state index in [1.807, 2.05) is 4.57 Å². The molecule has 1 aromatic carbocycles. The summed E-state index contributed by atoms with van der Waals surface area (Å²) in [6, 6.07) is 10.4. The van der Waals surface area contributed by atoms with Crippen molar-refractivity contribution in [3.63, 3.8) is 0 Å². The van der Waals surface area contributed by atoms with E-state index in [0.29, 0.717) is 23.3 Å². The molecule has 2 rings (SSSR count). The number of rotatable bonds is 5. The lowest BCUT2D eigenvalue weighted by molar-refractivity contribution is 0.0924. The maximum atomic E-state index is 9.88. The standard InChI is InChI=1S/C14H17N3O2/c15-11-4-6-17(7-5-11)9-13(18)10-19-14-3-1-2-12(16)8-14/h1-8,13,15,18H,9-10,16H2. The molecule has 0 aliphatic rings. The highest BCUT2D eigenvalue weighted by atomic mass is 16.5. The van der Waals surface area contributed by atoms with Gasteiger partial charge in [0, 0.05) is 24.1 Å². The number of hydrogen-bond donors (Lipinski definition) is 3. The number of nitrogens with zero attached hydrogens (tertiary/aromatic N) is 1. The van der Waals surface area contributed by atoms with Gasteiger partial charge >= 0.3 is 0 Å². The molecule has 0 bridgehead atoms. The summed E-state index contributed by atoms with van der Waals surface area (Å²) < 4.78 is 7.28. The molecule has 0 saturated heterocycles. The molecule has 0 fully saturated rings. The number of nitrogens with one attached hydrogen (secondary N) is 1. The second-order valence-corrected chi connectivity index (χ2v) is 4.32. The molecule has 5 nitrogen and oxygen atoms in total. The Morgan fingerprint density at radius 1 is 1.26 bits per heavy atom. The Bertz CT molecular complexity index is 575. The van der Waals surface area contributed by atoms with Gasteiger partial charge in [-0.2, -0.15) is 0 Å². The van der Waals surface area contributed by atoms with E-state index in [9.17, 15) is 5.11 Å². The lowest BCUT2D eigenvalue weighted by atomic mass is 10.3. The minimum Gasteiger partial charge on any atom is -0.491 e. The van der Waals surface area contributed by atoms with E-state index in [4.69, 9.17) is 15.9 Å². The van der Waals surface area contributed by atoms with Crippen molar-refractivity contribution < 1.29 is 9.84 Å². The van der Waals surface area contributed by atoms with Crippen molar-refractivity contribution in [2.45, 2.75) is 12.6 Å². The maximum absolute atomic E-state index is 9.88. The van der Waals surface area contributed by atoms with Gasteiger partial charge in [-0.05, 0) is 24.3 Å². The zero-order valence-electron chi connectivity index (χ0n) is 10.5. The molecule has 0 aliphatic carbocycles. The van der Waals surface area contributed by atoms with Crippen LogP contribution in [-0.4, -0.2) is 22.4 Å². The number of nitrogens with two attached hydrogens (primary N) is 1. The van der Waals surface area contributed by atoms with Crippen LogP contribution in [0.1, 0.15) is 0 Å². The molecule has 0 spiro atoms. The number of benzene rings is 1. The molecule has 0 saturated carbocycles. The summed E-state index contributed by atoms with van der Waals surface area (Å²) in [4.78, 5) is 0. The Morgan fingerprint density at radius 3 is 2.68 bits per heavy atom. The Morgan fingerprint density at radius 2 is 2.00 bits per heavy atom. The van der Waals surface area contributed by atoms with Crippen LogP contribution in [0, 0.1) is 5.41 Å². The van der Waals surface area contributed by atoms with Gasteiger partial charge in [-0.1, -0.05) is 6.07 Å². The fraction of sp³-hybridized carbons (Fsp3) is 0.214. The van der Waals surface area contributed by atoms with Crippen LogP contribution < -0.4 is 15.8 Å². The van der Waals surface area contributed by atoms with Crippen LogP contribution in [0.4, 0.5) is 5.69 Å². The predicted octanol–water partition coefficient (Wildman–Crippen LogP) is 0.990. The molecule has 1 unspecified atom stereocenters. The Labute approximate surface area is 111 Å². The van der Waals surface area contributed by atoms with Crippen LogP contribution in [0.3, 0.4) is 0 Å². The molecule has 0 amide bonds. The van der Waals surface area contributed by atoms with E-state index >= 15 is 0 Å². The summed E-state index contributed by atoms with van der Waals surface area (Å²) in [5.41, 5.74) is 6.27. The SMILES string of the molecule is N=c1ccn(CC(O)COc2cccc(N)c2)cc1. The molecule has 100 valence electrons. The Kier molecular flexibility index (Phi) is 4.20. The van der Waals surface area contributed by atoms with Crippen molar-refractivity contribution >= 4 is 5.69 Å². The fourth-order valence-corrected chi connectivity index (χ4v) is 1.67. The fourth-order valence-electron chi connectivity index (χ4n) is 1.67. The third kappa shape index (κ3) is 4.15. The summed E-state index contributed by atoms with van der Waals surface area (Å²) >= 11 is 0. The molecule has 2 aromatic rings. The summed E-state index contributed by atoms with van der Waals surface area (Å²) in [6.45, 7) is 0.613. The zero-order chi connectivity index (χ0) is 13.7. The topological polar surface area (TPSA) is 84.3 Å². The molecule has 5 heteroatoms. The highest BCUT2D eigenvalue weighted by molar-refractivity contribution is 5.43. The summed E-state index contributed by atoms with van der Waals surface area (Å²) in [6.07, 6.45) is 2.89. The second-order valence-electron chi connectivity index (χ2n) is 4.32. The largest absolute Gasteiger partial charge is 0.491 e. The van der Waals surface area contributed by atoms with Crippen molar-refractivity contribution in [3.8, 4) is 5.75 Å². The zero-order valence-corrected chi connectivity index (χ0v) is 10.5. The first kappa shape index (κ1) is 13.2. The number of aliphatic hydroxyl groups excluding tert-OH is 1. The Hall–Kier alpha value is -2.27. The summed E-state index contributed by atoms with van der Waals surface area (Å²) in [5.74, 6) is 0.644. The lowest BCUT2D eigenvalue weighted by Crippen LogP contribution is -2.23. The van der Waals surface area contributed by atoms with Crippen molar-refractivity contribution in [2.24, 2.45) is 0 Å². The van der Waals surface area contributed by atoms with Crippen LogP contribution in [0.15, 0.2) is 48.8 Å². The number of hydrogen-bond acceptors (Lipinski definition) is 4. The Balaban J connectivity index is 1.86. The first-order chi connectivity index (χ1) is 9.13. The number of ether oxygens (including phenoxy) is 1. The predicted molar refractivity (Wildman–Crippen MR) is 72.6 cm³/mol. The van der Waals surface area contributed by atoms with E-state index < -0.39 is 6.10 Å². The molecule has 0 radical (unpaired) electrons. The van der Waals surface area contributed by atoms with Gasteiger partial charge < -0.3 is 25.6 Å². The number of nitrogen functional groups attached to an aromatic ring is 1. The lowest BCUT2D eigenvalue weighted by Gasteiger charge is -2.14. The smallest absolute Gasteiger partial charge is 0.121 e. The first-order valence-electron chi connectivity index (χ1n) is 6.00. The minimum absolute atomic E-state index is 0.194. The quantitative estimate of drug-likeness (QED) is 0.700. The summed E-state index contributed by atoms with van der Waals surface area (Å²) in [5, 5.41) is 17.7. The maximum Gasteiger partial charge on any atom is 0.121 e. The van der Waals surface area contributed by atoms with Crippen LogP contribution >= 0.6 is 0 Å². The molecule has 1 atom stereocenters. The van der Waals surface area contributed by atoms with Crippen LogP contribution in [0.5, 0.6) is 5.75 Å². The number of pyridine rings is 1. The van der Waals surface area contributed by atoms with E-state index in [1.165, 1.54) is 0 Å². The molecular weight excluding hydrogens is 242 g/mol. The van der Waals surface area contributed by atoms with Gasteiger partial charge in [-0.15, -0.1) is 0 Å². The van der Waals surface area contributed by atoms with Gasteiger partial charge in [0.1, 0.15) is 18.5 Å². The molecule has 0 aliphatic heterocycles. The van der Waals surface area contributed by atoms with E-state index in [-0.39, 0.29) is 6.61 Å². The third-order valence-electron chi connectivity index (χ3n) is 2.61. The van der Waals surface area contributed by atoms with E-state index in [0.717, 1.165) is 0 Å². The van der Waals surface area contributed by atoms with Gasteiger partial charge in [0.2, 0.25) is 0 Å². The van der Waals surface area contributed by atoms with Gasteiger partial charge in [-0.3, -0.25) is 0 Å². The van der Waals surface area contributed by atoms with Crippen LogP contribution in [-0.2, 0) is 6.54 Å². The average molecular weight is 259 g/mol. The number of aliphatic hydroxyl groups is 1. The van der Waals surface area contributed by atoms with Gasteiger partial charge in [-0.25, -0.2) is 0 Å². The van der Waals surface area contributed by atoms with Crippen LogP contribution in [0.25, 0.3) is 0 Å². The molecule has 19 heavy (non-hydrogen) atoms. The van der Waals surface area contributed by atoms with Crippen molar-refractivity contribution in [3.05, 3.63) is 54.1 Å². The monoisotopic (exact) mass is 259 g/mol. The average Bonchev–Trinajstić information content (AvgIpc) is 2.39.